The molecule has 124 valence electrons. The molecular formula is C20H28N2S. The number of aryl methyl sites for hydroxylation is 1. The summed E-state index contributed by atoms with van der Waals surface area (Å²) in [7, 11) is 2.23. The normalized spacial score (nSPS) is 34.4. The van der Waals surface area contributed by atoms with Gasteiger partial charge in [-0.3, -0.25) is 0 Å². The number of nitrogens with zero attached hydrogens (tertiary/aromatic N) is 1. The average Bonchev–Trinajstić information content (AvgIpc) is 2.53. The number of nitrogens with one attached hydrogen (secondary N) is 1. The van der Waals surface area contributed by atoms with Crippen LogP contribution in [0.5, 0.6) is 0 Å². The molecule has 1 aromatic carbocycles. The predicted octanol–water partition coefficient (Wildman–Crippen LogP) is 4.85. The lowest BCUT2D eigenvalue weighted by Gasteiger charge is -2.60. The molecule has 23 heavy (non-hydrogen) atoms. The van der Waals surface area contributed by atoms with E-state index in [1.807, 2.05) is 0 Å². The fourth-order valence-corrected chi connectivity index (χ4v) is 6.03. The van der Waals surface area contributed by atoms with Crippen LogP contribution in [0.1, 0.15) is 51.0 Å². The Balaban J connectivity index is 1.47. The Morgan fingerprint density at radius 3 is 2.09 bits per heavy atom. The van der Waals surface area contributed by atoms with E-state index in [0.29, 0.717) is 5.54 Å². The van der Waals surface area contributed by atoms with Gasteiger partial charge in [0.2, 0.25) is 0 Å². The molecule has 5 rings (SSSR count). The Labute approximate surface area is 145 Å². The second-order valence-corrected chi connectivity index (χ2v) is 8.57. The van der Waals surface area contributed by atoms with E-state index in [2.05, 4.69) is 48.5 Å². The Bertz CT molecular complexity index is 557. The third kappa shape index (κ3) is 2.77. The molecule has 0 heterocycles. The number of anilines is 1. The fraction of sp³-hybridized carbons (Fsp3) is 0.650. The first-order valence-corrected chi connectivity index (χ1v) is 9.62. The van der Waals surface area contributed by atoms with Gasteiger partial charge in [0.1, 0.15) is 0 Å². The molecule has 0 aliphatic heterocycles. The summed E-state index contributed by atoms with van der Waals surface area (Å²) in [4.78, 5) is 2.42. The minimum absolute atomic E-state index is 0.336. The maximum atomic E-state index is 5.77. The molecule has 0 amide bonds. The van der Waals surface area contributed by atoms with E-state index in [1.54, 1.807) is 0 Å². The molecule has 1 N–H and O–H groups in total. The van der Waals surface area contributed by atoms with Crippen LogP contribution in [0.2, 0.25) is 0 Å². The van der Waals surface area contributed by atoms with Crippen LogP contribution in [-0.4, -0.2) is 22.6 Å². The van der Waals surface area contributed by atoms with E-state index < -0.39 is 0 Å². The Kier molecular flexibility index (Phi) is 3.87. The zero-order valence-corrected chi connectivity index (χ0v) is 15.2. The van der Waals surface area contributed by atoms with Gasteiger partial charge in [0, 0.05) is 18.3 Å². The van der Waals surface area contributed by atoms with Crippen LogP contribution in [0.25, 0.3) is 0 Å². The Morgan fingerprint density at radius 2 is 1.61 bits per heavy atom. The second-order valence-electron chi connectivity index (χ2n) is 8.18. The van der Waals surface area contributed by atoms with Gasteiger partial charge in [0.25, 0.3) is 0 Å². The van der Waals surface area contributed by atoms with E-state index >= 15 is 0 Å². The van der Waals surface area contributed by atoms with Crippen molar-refractivity contribution < 1.29 is 0 Å². The summed E-state index contributed by atoms with van der Waals surface area (Å²) < 4.78 is 0. The monoisotopic (exact) mass is 328 g/mol. The van der Waals surface area contributed by atoms with E-state index in [-0.39, 0.29) is 0 Å². The summed E-state index contributed by atoms with van der Waals surface area (Å²) >= 11 is 5.77. The summed E-state index contributed by atoms with van der Waals surface area (Å²) in [5.74, 6) is 2.86. The third-order valence-corrected chi connectivity index (χ3v) is 7.01. The number of hydrogen-bond acceptors (Lipinski definition) is 1. The van der Waals surface area contributed by atoms with E-state index in [0.717, 1.165) is 35.0 Å². The van der Waals surface area contributed by atoms with Crippen LogP contribution >= 0.6 is 12.2 Å². The molecular weight excluding hydrogens is 300 g/mol. The van der Waals surface area contributed by atoms with Crippen molar-refractivity contribution in [1.82, 2.24) is 4.90 Å². The van der Waals surface area contributed by atoms with Gasteiger partial charge in [-0.1, -0.05) is 19.1 Å². The van der Waals surface area contributed by atoms with Gasteiger partial charge in [-0.25, -0.2) is 0 Å². The topological polar surface area (TPSA) is 15.3 Å². The van der Waals surface area contributed by atoms with Crippen molar-refractivity contribution in [3.05, 3.63) is 29.8 Å². The molecule has 0 aromatic heterocycles. The first-order valence-electron chi connectivity index (χ1n) is 9.22. The summed E-state index contributed by atoms with van der Waals surface area (Å²) in [6.07, 6.45) is 9.57. The van der Waals surface area contributed by atoms with Crippen LogP contribution in [0.4, 0.5) is 5.69 Å². The van der Waals surface area contributed by atoms with Crippen molar-refractivity contribution in [2.75, 3.05) is 12.4 Å². The number of rotatable bonds is 3. The second kappa shape index (κ2) is 5.77. The highest BCUT2D eigenvalue weighted by Crippen LogP contribution is 2.57. The molecule has 1 aromatic rings. The SMILES string of the molecule is CCc1ccc(NC(=S)N(C)C23CC4CC(CC(C4)C2)C3)cc1. The lowest BCUT2D eigenvalue weighted by molar-refractivity contribution is -0.0538. The number of thiocarbonyl (C=S) groups is 1. The maximum Gasteiger partial charge on any atom is 0.173 e. The molecule has 0 saturated heterocycles. The average molecular weight is 329 g/mol. The Morgan fingerprint density at radius 1 is 1.09 bits per heavy atom. The van der Waals surface area contributed by atoms with Crippen LogP contribution in [0, 0.1) is 17.8 Å². The van der Waals surface area contributed by atoms with Gasteiger partial charge >= 0.3 is 0 Å². The molecule has 2 nitrogen and oxygen atoms in total. The van der Waals surface area contributed by atoms with Crippen molar-refractivity contribution in [3.63, 3.8) is 0 Å². The van der Waals surface area contributed by atoms with Gasteiger partial charge in [-0.15, -0.1) is 0 Å². The highest BCUT2D eigenvalue weighted by Gasteiger charge is 2.53. The molecule has 0 atom stereocenters. The minimum atomic E-state index is 0.336. The first-order chi connectivity index (χ1) is 11.1. The molecule has 4 bridgehead atoms. The standard InChI is InChI=1S/C20H28N2S/c1-3-14-4-6-18(7-5-14)21-19(23)22(2)20-11-15-8-16(12-20)10-17(9-15)13-20/h4-7,15-17H,3,8-13H2,1-2H3,(H,21,23). The molecule has 0 unspecified atom stereocenters. The van der Waals surface area contributed by atoms with Crippen LogP contribution in [-0.2, 0) is 6.42 Å². The summed E-state index contributed by atoms with van der Waals surface area (Å²) in [6, 6.07) is 8.68. The molecule has 4 aliphatic carbocycles. The molecule has 4 aliphatic rings. The summed E-state index contributed by atoms with van der Waals surface area (Å²) in [6.45, 7) is 2.19. The molecule has 4 fully saturated rings. The van der Waals surface area contributed by atoms with Crippen LogP contribution in [0.3, 0.4) is 0 Å². The summed E-state index contributed by atoms with van der Waals surface area (Å²) in [5.41, 5.74) is 2.82. The number of hydrogen-bond donors (Lipinski definition) is 1. The lowest BCUT2D eigenvalue weighted by atomic mass is 9.52. The van der Waals surface area contributed by atoms with E-state index in [9.17, 15) is 0 Å². The smallest absolute Gasteiger partial charge is 0.173 e. The predicted molar refractivity (Wildman–Crippen MR) is 101 cm³/mol. The van der Waals surface area contributed by atoms with Gasteiger partial charge in [0.15, 0.2) is 5.11 Å². The number of benzene rings is 1. The van der Waals surface area contributed by atoms with Crippen molar-refractivity contribution >= 4 is 23.0 Å². The van der Waals surface area contributed by atoms with Crippen molar-refractivity contribution in [2.45, 2.75) is 57.4 Å². The Hall–Kier alpha value is -1.09. The van der Waals surface area contributed by atoms with Crippen molar-refractivity contribution in [2.24, 2.45) is 17.8 Å². The quantitative estimate of drug-likeness (QED) is 0.799. The zero-order chi connectivity index (χ0) is 16.0. The van der Waals surface area contributed by atoms with E-state index in [4.69, 9.17) is 12.2 Å². The van der Waals surface area contributed by atoms with Gasteiger partial charge in [-0.05, 0) is 92.6 Å². The lowest BCUT2D eigenvalue weighted by Crippen LogP contribution is -2.60. The van der Waals surface area contributed by atoms with Crippen molar-refractivity contribution in [1.29, 1.82) is 0 Å². The van der Waals surface area contributed by atoms with Crippen LogP contribution < -0.4 is 5.32 Å². The molecule has 4 saturated carbocycles. The maximum absolute atomic E-state index is 5.77. The highest BCUT2D eigenvalue weighted by atomic mass is 32.1. The van der Waals surface area contributed by atoms with Gasteiger partial charge < -0.3 is 10.2 Å². The summed E-state index contributed by atoms with van der Waals surface area (Å²) in [5, 5.41) is 4.37. The zero-order valence-electron chi connectivity index (χ0n) is 14.3. The first kappa shape index (κ1) is 15.4. The highest BCUT2D eigenvalue weighted by molar-refractivity contribution is 7.80. The fourth-order valence-electron chi connectivity index (χ4n) is 5.72. The van der Waals surface area contributed by atoms with E-state index in [1.165, 1.54) is 44.1 Å². The molecule has 0 radical (unpaired) electrons. The van der Waals surface area contributed by atoms with Crippen LogP contribution in [0.15, 0.2) is 24.3 Å². The van der Waals surface area contributed by atoms with Gasteiger partial charge in [-0.2, -0.15) is 0 Å². The minimum Gasteiger partial charge on any atom is -0.346 e. The molecule has 0 spiro atoms. The largest absolute Gasteiger partial charge is 0.346 e. The van der Waals surface area contributed by atoms with Crippen molar-refractivity contribution in [3.8, 4) is 0 Å². The van der Waals surface area contributed by atoms with Gasteiger partial charge in [0.05, 0.1) is 0 Å². The molecule has 3 heteroatoms. The third-order valence-electron chi connectivity index (χ3n) is 6.64.